The van der Waals surface area contributed by atoms with Crippen LogP contribution in [-0.2, 0) is 19.1 Å². The summed E-state index contributed by atoms with van der Waals surface area (Å²) < 4.78 is 15.2. The van der Waals surface area contributed by atoms with Crippen LogP contribution in [0.4, 0.5) is 0 Å². The predicted molar refractivity (Wildman–Crippen MR) is 79.8 cm³/mol. The summed E-state index contributed by atoms with van der Waals surface area (Å²) in [5.74, 6) is -0.0244. The Morgan fingerprint density at radius 2 is 1.86 bits per heavy atom. The van der Waals surface area contributed by atoms with Crippen LogP contribution in [0.25, 0.3) is 6.08 Å². The minimum atomic E-state index is -1.10. The van der Waals surface area contributed by atoms with E-state index in [-0.39, 0.29) is 0 Å². The number of hydrogen-bond donors (Lipinski definition) is 0. The maximum absolute atomic E-state index is 11.9. The molecule has 1 aromatic heterocycles. The third kappa shape index (κ3) is 4.09. The molecule has 0 aliphatic carbocycles. The molecule has 22 heavy (non-hydrogen) atoms. The van der Waals surface area contributed by atoms with E-state index in [1.165, 1.54) is 19.3 Å². The van der Waals surface area contributed by atoms with E-state index >= 15 is 0 Å². The molecule has 114 valence electrons. The molecule has 1 heterocycles. The molecule has 0 saturated carbocycles. The summed E-state index contributed by atoms with van der Waals surface area (Å²) in [4.78, 5) is 23.7. The second-order valence-electron chi connectivity index (χ2n) is 4.53. The Labute approximate surface area is 128 Å². The monoisotopic (exact) mass is 300 g/mol. The van der Waals surface area contributed by atoms with Gasteiger partial charge in [0.2, 0.25) is 6.10 Å². The zero-order valence-electron chi connectivity index (χ0n) is 12.3. The number of methoxy groups -OCH3 is 1. The summed E-state index contributed by atoms with van der Waals surface area (Å²) >= 11 is 0. The molecule has 2 aromatic rings. The van der Waals surface area contributed by atoms with Crippen molar-refractivity contribution in [2.45, 2.75) is 13.0 Å². The minimum absolute atomic E-state index is 0.531. The number of esters is 2. The highest BCUT2D eigenvalue weighted by Crippen LogP contribution is 2.19. The van der Waals surface area contributed by atoms with Crippen LogP contribution in [0.3, 0.4) is 0 Å². The first-order valence-corrected chi connectivity index (χ1v) is 6.68. The molecule has 1 aromatic carbocycles. The smallest absolute Gasteiger partial charge is 0.351 e. The van der Waals surface area contributed by atoms with Crippen LogP contribution >= 0.6 is 0 Å². The van der Waals surface area contributed by atoms with Gasteiger partial charge in [-0.2, -0.15) is 0 Å². The van der Waals surface area contributed by atoms with E-state index in [1.54, 1.807) is 49.4 Å². The molecule has 0 radical (unpaired) electrons. The molecule has 1 unspecified atom stereocenters. The number of carbonyl (C=O) groups excluding carboxylic acids is 2. The lowest BCUT2D eigenvalue weighted by Crippen LogP contribution is -2.20. The summed E-state index contributed by atoms with van der Waals surface area (Å²) in [6.07, 6.45) is 1.59. The first kappa shape index (κ1) is 15.6. The van der Waals surface area contributed by atoms with Gasteiger partial charge < -0.3 is 13.9 Å². The van der Waals surface area contributed by atoms with Gasteiger partial charge in [-0.3, -0.25) is 0 Å². The third-order valence-corrected chi connectivity index (χ3v) is 2.90. The highest BCUT2D eigenvalue weighted by Gasteiger charge is 2.24. The Bertz CT molecular complexity index is 669. The number of ether oxygens (including phenoxy) is 2. The Morgan fingerprint density at radius 3 is 2.45 bits per heavy atom. The number of rotatable bonds is 5. The molecule has 0 N–H and O–H groups in total. The molecule has 0 spiro atoms. The number of hydrogen-bond acceptors (Lipinski definition) is 5. The zero-order valence-corrected chi connectivity index (χ0v) is 12.3. The molecule has 0 bridgehead atoms. The van der Waals surface area contributed by atoms with Crippen LogP contribution in [0.1, 0.15) is 23.2 Å². The fourth-order valence-electron chi connectivity index (χ4n) is 1.84. The van der Waals surface area contributed by atoms with Crippen LogP contribution in [0.5, 0.6) is 0 Å². The molecular weight excluding hydrogens is 284 g/mol. The van der Waals surface area contributed by atoms with Gasteiger partial charge in [-0.05, 0) is 25.1 Å². The largest absolute Gasteiger partial charge is 0.466 e. The van der Waals surface area contributed by atoms with E-state index in [0.29, 0.717) is 11.3 Å². The second kappa shape index (κ2) is 7.26. The van der Waals surface area contributed by atoms with Gasteiger partial charge in [0.1, 0.15) is 11.5 Å². The average molecular weight is 300 g/mol. The Morgan fingerprint density at radius 1 is 1.14 bits per heavy atom. The van der Waals surface area contributed by atoms with E-state index in [0.717, 1.165) is 5.76 Å². The summed E-state index contributed by atoms with van der Waals surface area (Å²) in [5, 5.41) is 0. The molecule has 0 aliphatic heterocycles. The van der Waals surface area contributed by atoms with Crippen molar-refractivity contribution in [1.82, 2.24) is 0 Å². The van der Waals surface area contributed by atoms with Crippen LogP contribution in [0, 0.1) is 6.92 Å². The standard InChI is InChI=1S/C17H16O5/c1-12-8-9-14(21-12)10-11-15(18)22-16(17(19)20-2)13-6-4-3-5-7-13/h3-11,16H,1-2H3/b11-10+. The van der Waals surface area contributed by atoms with Crippen molar-refractivity contribution in [2.24, 2.45) is 0 Å². The summed E-state index contributed by atoms with van der Waals surface area (Å²) in [6.45, 7) is 1.80. The van der Waals surface area contributed by atoms with E-state index in [4.69, 9.17) is 9.15 Å². The lowest BCUT2D eigenvalue weighted by molar-refractivity contribution is -0.163. The average Bonchev–Trinajstić information content (AvgIpc) is 2.96. The van der Waals surface area contributed by atoms with Crippen molar-refractivity contribution in [3.05, 3.63) is 65.6 Å². The van der Waals surface area contributed by atoms with Gasteiger partial charge in [0.25, 0.3) is 0 Å². The molecule has 2 rings (SSSR count). The van der Waals surface area contributed by atoms with Crippen molar-refractivity contribution in [3.63, 3.8) is 0 Å². The Balaban J connectivity index is 2.08. The molecular formula is C17H16O5. The van der Waals surface area contributed by atoms with Crippen LogP contribution in [0.2, 0.25) is 0 Å². The topological polar surface area (TPSA) is 65.7 Å². The lowest BCUT2D eigenvalue weighted by atomic mass is 10.1. The highest BCUT2D eigenvalue weighted by molar-refractivity contribution is 5.89. The molecule has 1 atom stereocenters. The molecule has 0 saturated heterocycles. The Kier molecular flexibility index (Phi) is 5.14. The van der Waals surface area contributed by atoms with Crippen molar-refractivity contribution in [1.29, 1.82) is 0 Å². The van der Waals surface area contributed by atoms with Gasteiger partial charge in [0.05, 0.1) is 7.11 Å². The second-order valence-corrected chi connectivity index (χ2v) is 4.53. The van der Waals surface area contributed by atoms with E-state index in [1.807, 2.05) is 0 Å². The fourth-order valence-corrected chi connectivity index (χ4v) is 1.84. The summed E-state index contributed by atoms with van der Waals surface area (Å²) in [7, 11) is 1.24. The van der Waals surface area contributed by atoms with Gasteiger partial charge in [0, 0.05) is 11.6 Å². The number of furan rings is 1. The predicted octanol–water partition coefficient (Wildman–Crippen LogP) is 3.06. The van der Waals surface area contributed by atoms with Crippen LogP contribution in [-0.4, -0.2) is 19.0 Å². The van der Waals surface area contributed by atoms with Gasteiger partial charge in [-0.25, -0.2) is 9.59 Å². The normalized spacial score (nSPS) is 12.1. The third-order valence-electron chi connectivity index (χ3n) is 2.90. The zero-order chi connectivity index (χ0) is 15.9. The van der Waals surface area contributed by atoms with E-state index < -0.39 is 18.0 Å². The number of aryl methyl sites for hydroxylation is 1. The van der Waals surface area contributed by atoms with Gasteiger partial charge >= 0.3 is 11.9 Å². The van der Waals surface area contributed by atoms with Crippen LogP contribution < -0.4 is 0 Å². The lowest BCUT2D eigenvalue weighted by Gasteiger charge is -2.14. The quantitative estimate of drug-likeness (QED) is 0.627. The van der Waals surface area contributed by atoms with Crippen molar-refractivity contribution >= 4 is 18.0 Å². The first-order chi connectivity index (χ1) is 10.6. The van der Waals surface area contributed by atoms with Gasteiger partial charge in [0.15, 0.2) is 0 Å². The summed E-state index contributed by atoms with van der Waals surface area (Å²) in [5.41, 5.74) is 0.546. The molecule has 0 fully saturated rings. The maximum Gasteiger partial charge on any atom is 0.351 e. The first-order valence-electron chi connectivity index (χ1n) is 6.68. The minimum Gasteiger partial charge on any atom is -0.466 e. The fraction of sp³-hybridized carbons (Fsp3) is 0.176. The molecule has 5 nitrogen and oxygen atoms in total. The van der Waals surface area contributed by atoms with Crippen molar-refractivity contribution in [2.75, 3.05) is 7.11 Å². The number of carbonyl (C=O) groups is 2. The molecule has 5 heteroatoms. The SMILES string of the molecule is COC(=O)C(OC(=O)/C=C/c1ccc(C)o1)c1ccccc1. The Hall–Kier alpha value is -2.82. The van der Waals surface area contributed by atoms with E-state index in [2.05, 4.69) is 4.74 Å². The van der Waals surface area contributed by atoms with Gasteiger partial charge in [-0.1, -0.05) is 30.3 Å². The van der Waals surface area contributed by atoms with Gasteiger partial charge in [-0.15, -0.1) is 0 Å². The highest BCUT2D eigenvalue weighted by atomic mass is 16.6. The molecule has 0 aliphatic rings. The molecule has 0 amide bonds. The van der Waals surface area contributed by atoms with E-state index in [9.17, 15) is 9.59 Å². The van der Waals surface area contributed by atoms with Crippen molar-refractivity contribution < 1.29 is 23.5 Å². The summed E-state index contributed by atoms with van der Waals surface area (Å²) in [6, 6.07) is 12.2. The maximum atomic E-state index is 11.9. The van der Waals surface area contributed by atoms with Crippen molar-refractivity contribution in [3.8, 4) is 0 Å². The van der Waals surface area contributed by atoms with Crippen LogP contribution in [0.15, 0.2) is 53.0 Å². The number of benzene rings is 1.